The summed E-state index contributed by atoms with van der Waals surface area (Å²) in [6.45, 7) is 3.29. The summed E-state index contributed by atoms with van der Waals surface area (Å²) >= 11 is 0. The molecule has 60 valence electrons. The standard InChI is InChI=1S/C8H18N2/c1-10(6-2-5-9)7-8-3-4-8/h8H,2-7,9H2,1H3. The van der Waals surface area contributed by atoms with Gasteiger partial charge in [-0.25, -0.2) is 0 Å². The molecule has 0 heterocycles. The highest BCUT2D eigenvalue weighted by molar-refractivity contribution is 4.75. The number of nitrogens with two attached hydrogens (primary N) is 1. The Morgan fingerprint density at radius 1 is 1.50 bits per heavy atom. The van der Waals surface area contributed by atoms with Crippen LogP contribution in [0.15, 0.2) is 0 Å². The SMILES string of the molecule is CN(CCCN)CC1CC1. The van der Waals surface area contributed by atoms with Crippen LogP contribution in [-0.4, -0.2) is 31.6 Å². The van der Waals surface area contributed by atoms with E-state index in [0.717, 1.165) is 18.9 Å². The van der Waals surface area contributed by atoms with E-state index in [4.69, 9.17) is 5.73 Å². The van der Waals surface area contributed by atoms with Gasteiger partial charge >= 0.3 is 0 Å². The summed E-state index contributed by atoms with van der Waals surface area (Å²) < 4.78 is 0. The Morgan fingerprint density at radius 3 is 2.70 bits per heavy atom. The van der Waals surface area contributed by atoms with Gasteiger partial charge in [0.2, 0.25) is 0 Å². The smallest absolute Gasteiger partial charge is 0.000662 e. The average Bonchev–Trinajstić information content (AvgIpc) is 2.67. The van der Waals surface area contributed by atoms with Gasteiger partial charge in [-0.1, -0.05) is 0 Å². The molecule has 0 saturated heterocycles. The van der Waals surface area contributed by atoms with E-state index in [1.807, 2.05) is 0 Å². The van der Waals surface area contributed by atoms with Crippen molar-refractivity contribution in [1.82, 2.24) is 4.90 Å². The Hall–Kier alpha value is -0.0800. The number of nitrogens with zero attached hydrogens (tertiary/aromatic N) is 1. The first-order valence-electron chi connectivity index (χ1n) is 4.21. The fourth-order valence-corrected chi connectivity index (χ4v) is 1.19. The molecule has 1 saturated carbocycles. The molecule has 0 bridgehead atoms. The van der Waals surface area contributed by atoms with E-state index in [-0.39, 0.29) is 0 Å². The molecule has 0 atom stereocenters. The maximum atomic E-state index is 5.40. The minimum atomic E-state index is 0.828. The minimum Gasteiger partial charge on any atom is -0.330 e. The molecule has 0 amide bonds. The van der Waals surface area contributed by atoms with Crippen LogP contribution in [0.25, 0.3) is 0 Å². The van der Waals surface area contributed by atoms with E-state index < -0.39 is 0 Å². The summed E-state index contributed by atoms with van der Waals surface area (Å²) in [5.41, 5.74) is 5.40. The van der Waals surface area contributed by atoms with Crippen LogP contribution in [0.2, 0.25) is 0 Å². The molecule has 0 radical (unpaired) electrons. The lowest BCUT2D eigenvalue weighted by Crippen LogP contribution is -2.23. The summed E-state index contributed by atoms with van der Waals surface area (Å²) in [6, 6.07) is 0. The third-order valence-corrected chi connectivity index (χ3v) is 2.01. The second kappa shape index (κ2) is 3.94. The van der Waals surface area contributed by atoms with Crippen molar-refractivity contribution in [3.8, 4) is 0 Å². The van der Waals surface area contributed by atoms with Gasteiger partial charge in [0, 0.05) is 6.54 Å². The summed E-state index contributed by atoms with van der Waals surface area (Å²) in [6.07, 6.45) is 4.04. The first-order valence-corrected chi connectivity index (χ1v) is 4.21. The highest BCUT2D eigenvalue weighted by Crippen LogP contribution is 2.29. The van der Waals surface area contributed by atoms with Gasteiger partial charge in [0.15, 0.2) is 0 Å². The second-order valence-electron chi connectivity index (χ2n) is 3.35. The van der Waals surface area contributed by atoms with E-state index in [1.165, 1.54) is 25.9 Å². The molecule has 1 aliphatic carbocycles. The van der Waals surface area contributed by atoms with Gasteiger partial charge in [0.1, 0.15) is 0 Å². The Morgan fingerprint density at radius 2 is 2.20 bits per heavy atom. The highest BCUT2D eigenvalue weighted by Gasteiger charge is 2.22. The first kappa shape index (κ1) is 8.02. The van der Waals surface area contributed by atoms with Crippen LogP contribution in [-0.2, 0) is 0 Å². The number of rotatable bonds is 5. The minimum absolute atomic E-state index is 0.828. The zero-order valence-corrected chi connectivity index (χ0v) is 6.84. The van der Waals surface area contributed by atoms with Crippen molar-refractivity contribution in [2.75, 3.05) is 26.7 Å². The lowest BCUT2D eigenvalue weighted by Gasteiger charge is -2.14. The molecule has 1 rings (SSSR count). The third kappa shape index (κ3) is 3.18. The molecule has 0 aromatic heterocycles. The zero-order chi connectivity index (χ0) is 7.40. The molecule has 0 aromatic carbocycles. The predicted molar refractivity (Wildman–Crippen MR) is 43.9 cm³/mol. The molecule has 2 N–H and O–H groups in total. The molecule has 1 aliphatic rings. The second-order valence-corrected chi connectivity index (χ2v) is 3.35. The first-order chi connectivity index (χ1) is 4.83. The van der Waals surface area contributed by atoms with Gasteiger partial charge in [0.05, 0.1) is 0 Å². The van der Waals surface area contributed by atoms with E-state index in [0.29, 0.717) is 0 Å². The quantitative estimate of drug-likeness (QED) is 0.611. The summed E-state index contributed by atoms with van der Waals surface area (Å²) in [7, 11) is 2.19. The summed E-state index contributed by atoms with van der Waals surface area (Å²) in [5.74, 6) is 1.02. The molecular formula is C8H18N2. The van der Waals surface area contributed by atoms with Crippen molar-refractivity contribution in [2.24, 2.45) is 11.7 Å². The van der Waals surface area contributed by atoms with Crippen LogP contribution in [0.3, 0.4) is 0 Å². The maximum absolute atomic E-state index is 5.40. The monoisotopic (exact) mass is 142 g/mol. The van der Waals surface area contributed by atoms with E-state index in [1.54, 1.807) is 0 Å². The van der Waals surface area contributed by atoms with Crippen LogP contribution in [0.4, 0.5) is 0 Å². The third-order valence-electron chi connectivity index (χ3n) is 2.01. The molecule has 0 aromatic rings. The van der Waals surface area contributed by atoms with Crippen molar-refractivity contribution in [1.29, 1.82) is 0 Å². The Balaban J connectivity index is 1.91. The Kier molecular flexibility index (Phi) is 3.16. The van der Waals surface area contributed by atoms with Crippen LogP contribution in [0.5, 0.6) is 0 Å². The fraction of sp³-hybridized carbons (Fsp3) is 1.00. The fourth-order valence-electron chi connectivity index (χ4n) is 1.19. The largest absolute Gasteiger partial charge is 0.330 e. The van der Waals surface area contributed by atoms with Crippen molar-refractivity contribution in [2.45, 2.75) is 19.3 Å². The molecule has 0 unspecified atom stereocenters. The Labute approximate surface area is 63.4 Å². The maximum Gasteiger partial charge on any atom is 0.000662 e. The van der Waals surface area contributed by atoms with Crippen LogP contribution >= 0.6 is 0 Å². The van der Waals surface area contributed by atoms with Gasteiger partial charge in [-0.15, -0.1) is 0 Å². The van der Waals surface area contributed by atoms with Crippen molar-refractivity contribution >= 4 is 0 Å². The topological polar surface area (TPSA) is 29.3 Å². The zero-order valence-electron chi connectivity index (χ0n) is 6.84. The summed E-state index contributed by atoms with van der Waals surface area (Å²) in [4.78, 5) is 2.39. The Bertz CT molecular complexity index is 89.3. The van der Waals surface area contributed by atoms with Crippen LogP contribution in [0, 0.1) is 5.92 Å². The van der Waals surface area contributed by atoms with Crippen molar-refractivity contribution in [3.05, 3.63) is 0 Å². The average molecular weight is 142 g/mol. The molecule has 10 heavy (non-hydrogen) atoms. The van der Waals surface area contributed by atoms with E-state index in [2.05, 4.69) is 11.9 Å². The van der Waals surface area contributed by atoms with Crippen LogP contribution in [0.1, 0.15) is 19.3 Å². The highest BCUT2D eigenvalue weighted by atomic mass is 15.1. The number of hydrogen-bond donors (Lipinski definition) is 1. The lowest BCUT2D eigenvalue weighted by molar-refractivity contribution is 0.318. The van der Waals surface area contributed by atoms with Gasteiger partial charge in [-0.2, -0.15) is 0 Å². The van der Waals surface area contributed by atoms with Gasteiger partial charge in [0.25, 0.3) is 0 Å². The molecule has 0 spiro atoms. The number of hydrogen-bond acceptors (Lipinski definition) is 2. The van der Waals surface area contributed by atoms with E-state index in [9.17, 15) is 0 Å². The van der Waals surface area contributed by atoms with Crippen molar-refractivity contribution in [3.63, 3.8) is 0 Å². The van der Waals surface area contributed by atoms with Gasteiger partial charge in [-0.3, -0.25) is 0 Å². The van der Waals surface area contributed by atoms with Gasteiger partial charge in [-0.05, 0) is 45.3 Å². The van der Waals surface area contributed by atoms with Crippen LogP contribution < -0.4 is 5.73 Å². The molecular weight excluding hydrogens is 124 g/mol. The predicted octanol–water partition coefficient (Wildman–Crippen LogP) is 0.677. The summed E-state index contributed by atoms with van der Waals surface area (Å²) in [5, 5.41) is 0. The van der Waals surface area contributed by atoms with Gasteiger partial charge < -0.3 is 10.6 Å². The van der Waals surface area contributed by atoms with E-state index >= 15 is 0 Å². The lowest BCUT2D eigenvalue weighted by atomic mass is 10.3. The molecule has 1 fully saturated rings. The van der Waals surface area contributed by atoms with Crippen molar-refractivity contribution < 1.29 is 0 Å². The molecule has 0 aliphatic heterocycles. The normalized spacial score (nSPS) is 18.3. The molecule has 2 heteroatoms. The molecule has 2 nitrogen and oxygen atoms in total.